The van der Waals surface area contributed by atoms with E-state index in [0.717, 1.165) is 12.8 Å². The Hall–Kier alpha value is -1.47. The van der Waals surface area contributed by atoms with Gasteiger partial charge in [0.25, 0.3) is 0 Å². The van der Waals surface area contributed by atoms with Crippen molar-refractivity contribution in [1.29, 1.82) is 5.26 Å². The zero-order valence-corrected chi connectivity index (χ0v) is 10.0. The first-order valence-electron chi connectivity index (χ1n) is 5.28. The van der Waals surface area contributed by atoms with Crippen molar-refractivity contribution >= 4 is 11.6 Å². The van der Waals surface area contributed by atoms with Gasteiger partial charge in [0.05, 0.1) is 6.07 Å². The molecule has 0 aromatic carbocycles. The second-order valence-electron chi connectivity index (χ2n) is 3.39. The van der Waals surface area contributed by atoms with Crippen molar-refractivity contribution in [2.24, 2.45) is 5.73 Å². The van der Waals surface area contributed by atoms with Crippen LogP contribution in [0.5, 0.6) is 0 Å². The maximum atomic E-state index is 10.3. The van der Waals surface area contributed by atoms with Crippen molar-refractivity contribution in [2.75, 3.05) is 6.54 Å². The highest BCUT2D eigenvalue weighted by Gasteiger charge is 1.89. The Morgan fingerprint density at radius 1 is 1.25 bits per heavy atom. The number of hydrogen-bond donors (Lipinski definition) is 1. The fraction of sp³-hybridized carbons (Fsp3) is 0.583. The summed E-state index contributed by atoms with van der Waals surface area (Å²) in [6.07, 6.45) is 5.83. The van der Waals surface area contributed by atoms with Crippen LogP contribution >= 0.6 is 0 Å². The maximum absolute atomic E-state index is 10.3. The predicted octanol–water partition coefficient (Wildman–Crippen LogP) is 1.75. The number of nitrogens with zero attached hydrogens (tertiary/aromatic N) is 1. The highest BCUT2D eigenvalue weighted by Crippen LogP contribution is 1.92. The molecule has 90 valence electrons. The summed E-state index contributed by atoms with van der Waals surface area (Å²) in [5.74, 6) is 0.343. The van der Waals surface area contributed by atoms with Gasteiger partial charge in [-0.1, -0.05) is 6.08 Å². The van der Waals surface area contributed by atoms with Crippen LogP contribution in [0.15, 0.2) is 12.2 Å². The first kappa shape index (κ1) is 16.9. The fourth-order valence-electron chi connectivity index (χ4n) is 0.796. The Labute approximate surface area is 97.1 Å². The molecule has 0 spiro atoms. The van der Waals surface area contributed by atoms with Gasteiger partial charge in [0.1, 0.15) is 11.6 Å². The normalized spacial score (nSPS) is 9.12. The third-order valence-electron chi connectivity index (χ3n) is 1.58. The first-order chi connectivity index (χ1) is 7.54. The number of nitriles is 1. The molecule has 16 heavy (non-hydrogen) atoms. The molecule has 4 nitrogen and oxygen atoms in total. The SMILES string of the molecule is CC(=O)CC=CC#N.CC(=O)CCCCN. The molecule has 0 unspecified atom stereocenters. The molecule has 0 aromatic rings. The van der Waals surface area contributed by atoms with Gasteiger partial charge in [-0.2, -0.15) is 5.26 Å². The summed E-state index contributed by atoms with van der Waals surface area (Å²) in [5, 5.41) is 7.93. The first-order valence-corrected chi connectivity index (χ1v) is 5.28. The van der Waals surface area contributed by atoms with E-state index in [1.165, 1.54) is 13.0 Å². The number of hydrogen-bond acceptors (Lipinski definition) is 4. The van der Waals surface area contributed by atoms with Crippen LogP contribution in [0.25, 0.3) is 0 Å². The summed E-state index contributed by atoms with van der Waals surface area (Å²) in [5.41, 5.74) is 5.20. The molecular weight excluding hydrogens is 204 g/mol. The molecule has 0 aliphatic carbocycles. The zero-order valence-electron chi connectivity index (χ0n) is 10.0. The number of carbonyl (C=O) groups is 2. The van der Waals surface area contributed by atoms with Crippen LogP contribution in [0.3, 0.4) is 0 Å². The molecule has 0 heterocycles. The molecule has 0 aromatic heterocycles. The summed E-state index contributed by atoms with van der Waals surface area (Å²) >= 11 is 0. The van der Waals surface area contributed by atoms with E-state index in [2.05, 4.69) is 0 Å². The van der Waals surface area contributed by atoms with Crippen molar-refractivity contribution in [3.63, 3.8) is 0 Å². The minimum Gasteiger partial charge on any atom is -0.330 e. The van der Waals surface area contributed by atoms with Crippen molar-refractivity contribution in [1.82, 2.24) is 0 Å². The second kappa shape index (κ2) is 13.5. The molecule has 0 aliphatic rings. The molecule has 0 bridgehead atoms. The average Bonchev–Trinajstić information content (AvgIpc) is 2.18. The summed E-state index contributed by atoms with van der Waals surface area (Å²) in [6, 6.07) is 1.79. The van der Waals surface area contributed by atoms with Crippen LogP contribution in [0.4, 0.5) is 0 Å². The standard InChI is InChI=1S/C6H13NO.C6H7NO/c2*1-6(8)4-2-3-5-7/h2-5,7H2,1H3;2-3H,4H2,1H3. The van der Waals surface area contributed by atoms with E-state index in [1.807, 2.05) is 0 Å². The van der Waals surface area contributed by atoms with Gasteiger partial charge in [0.2, 0.25) is 0 Å². The number of nitrogens with two attached hydrogens (primary N) is 1. The van der Waals surface area contributed by atoms with E-state index in [-0.39, 0.29) is 11.6 Å². The van der Waals surface area contributed by atoms with Gasteiger partial charge in [-0.25, -0.2) is 0 Å². The van der Waals surface area contributed by atoms with Gasteiger partial charge in [-0.05, 0) is 33.2 Å². The highest BCUT2D eigenvalue weighted by atomic mass is 16.1. The maximum Gasteiger partial charge on any atom is 0.133 e. The molecular formula is C12H20N2O2. The average molecular weight is 224 g/mol. The van der Waals surface area contributed by atoms with Crippen LogP contribution in [0, 0.1) is 11.3 Å². The fourth-order valence-corrected chi connectivity index (χ4v) is 0.796. The lowest BCUT2D eigenvalue weighted by atomic mass is 10.2. The molecule has 0 amide bonds. The molecule has 0 saturated carbocycles. The van der Waals surface area contributed by atoms with E-state index < -0.39 is 0 Å². The van der Waals surface area contributed by atoms with Gasteiger partial charge < -0.3 is 10.5 Å². The predicted molar refractivity (Wildman–Crippen MR) is 63.6 cm³/mol. The third kappa shape index (κ3) is 22.9. The van der Waals surface area contributed by atoms with Gasteiger partial charge in [-0.15, -0.1) is 0 Å². The number of unbranched alkanes of at least 4 members (excludes halogenated alkanes) is 1. The van der Waals surface area contributed by atoms with Crippen LogP contribution < -0.4 is 5.73 Å². The van der Waals surface area contributed by atoms with E-state index in [4.69, 9.17) is 11.0 Å². The van der Waals surface area contributed by atoms with Crippen LogP contribution in [0.1, 0.15) is 39.5 Å². The van der Waals surface area contributed by atoms with Gasteiger partial charge >= 0.3 is 0 Å². The van der Waals surface area contributed by atoms with Crippen molar-refractivity contribution in [2.45, 2.75) is 39.5 Å². The lowest BCUT2D eigenvalue weighted by Crippen LogP contribution is -1.99. The van der Waals surface area contributed by atoms with Gasteiger partial charge in [0, 0.05) is 18.9 Å². The Morgan fingerprint density at radius 2 is 1.88 bits per heavy atom. The monoisotopic (exact) mass is 224 g/mol. The Morgan fingerprint density at radius 3 is 2.25 bits per heavy atom. The zero-order chi connectivity index (χ0) is 12.8. The van der Waals surface area contributed by atoms with Crippen LogP contribution in [-0.4, -0.2) is 18.1 Å². The Kier molecular flexibility index (Phi) is 14.3. The smallest absolute Gasteiger partial charge is 0.133 e. The number of Topliss-reactive ketones (excluding diaryl/α,β-unsaturated/α-hetero) is 2. The number of carbonyl (C=O) groups excluding carboxylic acids is 2. The number of rotatable bonds is 6. The minimum atomic E-state index is 0.0801. The van der Waals surface area contributed by atoms with Crippen molar-refractivity contribution in [3.8, 4) is 6.07 Å². The van der Waals surface area contributed by atoms with Gasteiger partial charge in [-0.3, -0.25) is 4.79 Å². The topological polar surface area (TPSA) is 84.0 Å². The van der Waals surface area contributed by atoms with Gasteiger partial charge in [0.15, 0.2) is 0 Å². The number of allylic oxidation sites excluding steroid dienone is 2. The summed E-state index contributed by atoms with van der Waals surface area (Å²) in [6.45, 7) is 3.80. The minimum absolute atomic E-state index is 0.0801. The molecule has 4 heteroatoms. The van der Waals surface area contributed by atoms with E-state index in [1.54, 1.807) is 19.1 Å². The largest absolute Gasteiger partial charge is 0.330 e. The lowest BCUT2D eigenvalue weighted by molar-refractivity contribution is -0.117. The summed E-state index contributed by atoms with van der Waals surface area (Å²) in [4.78, 5) is 20.4. The molecule has 2 N–H and O–H groups in total. The van der Waals surface area contributed by atoms with E-state index in [0.29, 0.717) is 19.4 Å². The molecule has 0 saturated heterocycles. The quantitative estimate of drug-likeness (QED) is 0.550. The summed E-state index contributed by atoms with van der Waals surface area (Å²) in [7, 11) is 0. The molecule has 0 aliphatic heterocycles. The van der Waals surface area contributed by atoms with E-state index >= 15 is 0 Å². The Bertz CT molecular complexity index is 265. The highest BCUT2D eigenvalue weighted by molar-refractivity contribution is 5.77. The Balaban J connectivity index is 0. The van der Waals surface area contributed by atoms with Crippen molar-refractivity contribution < 1.29 is 9.59 Å². The molecule has 0 fully saturated rings. The van der Waals surface area contributed by atoms with Crippen LogP contribution in [-0.2, 0) is 9.59 Å². The van der Waals surface area contributed by atoms with Crippen molar-refractivity contribution in [3.05, 3.63) is 12.2 Å². The molecule has 0 rings (SSSR count). The lowest BCUT2D eigenvalue weighted by Gasteiger charge is -1.90. The van der Waals surface area contributed by atoms with E-state index in [9.17, 15) is 9.59 Å². The number of ketones is 2. The summed E-state index contributed by atoms with van der Waals surface area (Å²) < 4.78 is 0. The molecule has 0 radical (unpaired) electrons. The van der Waals surface area contributed by atoms with Crippen LogP contribution in [0.2, 0.25) is 0 Å². The third-order valence-corrected chi connectivity index (χ3v) is 1.58. The molecule has 0 atom stereocenters. The second-order valence-corrected chi connectivity index (χ2v) is 3.39.